The number of hydrogen-bond donors (Lipinski definition) is 2. The molecule has 2 aromatic heterocycles. The zero-order chi connectivity index (χ0) is 34.2. The number of hydrogen-bond acceptors (Lipinski definition) is 4. The molecule has 0 fully saturated rings. The summed E-state index contributed by atoms with van der Waals surface area (Å²) in [7, 11) is 0. The molecule has 7 heteroatoms. The Morgan fingerprint density at radius 1 is 0.894 bits per heavy atom. The van der Waals surface area contributed by atoms with Crippen LogP contribution in [-0.4, -0.2) is 46.1 Å². The van der Waals surface area contributed by atoms with Gasteiger partial charge < -0.3 is 10.3 Å². The maximum Gasteiger partial charge on any atom is 0.326 e. The molecule has 2 heterocycles. The molecule has 248 valence electrons. The molecule has 4 rings (SSSR count). The number of fused-ring (bicyclic) bond motifs is 1. The number of aromatic nitrogens is 2. The average molecular weight is 634 g/mol. The van der Waals surface area contributed by atoms with Crippen LogP contribution in [0.15, 0.2) is 65.6 Å². The van der Waals surface area contributed by atoms with E-state index >= 15 is 0 Å². The Kier molecular flexibility index (Phi) is 12.0. The van der Waals surface area contributed by atoms with Gasteiger partial charge in [-0.2, -0.15) is 0 Å². The maximum absolute atomic E-state index is 14.1. The van der Waals surface area contributed by atoms with Crippen molar-refractivity contribution in [1.29, 1.82) is 0 Å². The Labute approximate surface area is 280 Å². The second-order valence-electron chi connectivity index (χ2n) is 13.4. The first-order valence-corrected chi connectivity index (χ1v) is 17.0. The molecule has 2 aromatic carbocycles. The van der Waals surface area contributed by atoms with Gasteiger partial charge in [0.05, 0.1) is 6.54 Å². The normalized spacial score (nSPS) is 11.5. The second-order valence-corrected chi connectivity index (χ2v) is 13.4. The lowest BCUT2D eigenvalue weighted by Gasteiger charge is -2.28. The van der Waals surface area contributed by atoms with E-state index in [1.807, 2.05) is 12.1 Å². The molecule has 0 bridgehead atoms. The van der Waals surface area contributed by atoms with E-state index < -0.39 is 0 Å². The standard InChI is InChI=1S/C40H51N5O2/c1-10-11-20-45(36-25-32-18-13-19-41-38(32)43-39(36)46)40(47)42-37-34(26(2)3)23-33(24-35(37)27(4)5)31-17-12-15-30(22-31)16-14-21-44(28(6)7)29(8)9/h12-13,15,17-19,22-29H,10-11,20-21H2,1-9H3,(H,42,47)(H,41,43,46). The van der Waals surface area contributed by atoms with Crippen LogP contribution < -0.4 is 15.8 Å². The minimum absolute atomic E-state index is 0.142. The van der Waals surface area contributed by atoms with Gasteiger partial charge in [0.15, 0.2) is 0 Å². The van der Waals surface area contributed by atoms with Crippen LogP contribution in [0, 0.1) is 11.8 Å². The molecule has 2 amide bonds. The summed E-state index contributed by atoms with van der Waals surface area (Å²) in [6.45, 7) is 20.6. The number of nitrogens with zero attached hydrogens (tertiary/aromatic N) is 3. The highest BCUT2D eigenvalue weighted by Crippen LogP contribution is 2.38. The summed E-state index contributed by atoms with van der Waals surface area (Å²) in [6, 6.07) is 18.8. The molecule has 4 aromatic rings. The Bertz CT molecular complexity index is 1770. The van der Waals surface area contributed by atoms with Crippen molar-refractivity contribution in [2.24, 2.45) is 0 Å². The predicted octanol–water partition coefficient (Wildman–Crippen LogP) is 9.15. The van der Waals surface area contributed by atoms with Crippen molar-refractivity contribution >= 4 is 28.4 Å². The molecular formula is C40H51N5O2. The van der Waals surface area contributed by atoms with Crippen LogP contribution in [0.4, 0.5) is 16.2 Å². The van der Waals surface area contributed by atoms with Crippen molar-refractivity contribution in [1.82, 2.24) is 14.9 Å². The molecule has 0 aliphatic carbocycles. The first-order valence-electron chi connectivity index (χ1n) is 17.0. The molecule has 0 atom stereocenters. The van der Waals surface area contributed by atoms with Crippen LogP contribution in [-0.2, 0) is 0 Å². The summed E-state index contributed by atoms with van der Waals surface area (Å²) >= 11 is 0. The first kappa shape index (κ1) is 35.4. The van der Waals surface area contributed by atoms with Crippen molar-refractivity contribution in [3.8, 4) is 23.0 Å². The second kappa shape index (κ2) is 15.9. The third-order valence-corrected chi connectivity index (χ3v) is 8.56. The Hall–Kier alpha value is -4.41. The molecule has 0 spiro atoms. The monoisotopic (exact) mass is 633 g/mol. The number of H-pyrrole nitrogens is 1. The highest BCUT2D eigenvalue weighted by atomic mass is 16.2. The van der Waals surface area contributed by atoms with E-state index in [-0.39, 0.29) is 23.4 Å². The maximum atomic E-state index is 14.1. The molecule has 0 radical (unpaired) electrons. The Morgan fingerprint density at radius 3 is 2.19 bits per heavy atom. The van der Waals surface area contributed by atoms with Crippen molar-refractivity contribution < 1.29 is 4.79 Å². The zero-order valence-corrected chi connectivity index (χ0v) is 29.6. The summed E-state index contributed by atoms with van der Waals surface area (Å²) in [5.41, 5.74) is 6.54. The van der Waals surface area contributed by atoms with Gasteiger partial charge in [0, 0.05) is 41.5 Å². The molecule has 0 saturated carbocycles. The molecular weight excluding hydrogens is 582 g/mol. The zero-order valence-electron chi connectivity index (χ0n) is 29.6. The van der Waals surface area contributed by atoms with Crippen molar-refractivity contribution in [2.45, 2.75) is 99.1 Å². The third-order valence-electron chi connectivity index (χ3n) is 8.56. The largest absolute Gasteiger partial charge is 0.326 e. The number of aromatic amines is 1. The number of carbonyl (C=O) groups excluding carboxylic acids is 1. The lowest BCUT2D eigenvalue weighted by atomic mass is 9.88. The molecule has 2 N–H and O–H groups in total. The lowest BCUT2D eigenvalue weighted by Crippen LogP contribution is -2.39. The fraction of sp³-hybridized carbons (Fsp3) is 0.425. The summed E-state index contributed by atoms with van der Waals surface area (Å²) in [4.78, 5) is 38.4. The van der Waals surface area contributed by atoms with Gasteiger partial charge in [-0.1, -0.05) is 65.0 Å². The van der Waals surface area contributed by atoms with Crippen molar-refractivity contribution in [3.63, 3.8) is 0 Å². The number of urea groups is 1. The highest BCUT2D eigenvalue weighted by Gasteiger charge is 2.24. The van der Waals surface area contributed by atoms with Crippen LogP contribution in [0.1, 0.15) is 104 Å². The number of unbranched alkanes of at least 4 members (excludes halogenated alkanes) is 1. The van der Waals surface area contributed by atoms with E-state index in [0.29, 0.717) is 30.0 Å². The van der Waals surface area contributed by atoms with Crippen LogP contribution in [0.25, 0.3) is 22.2 Å². The minimum Gasteiger partial charge on any atom is -0.307 e. The smallest absolute Gasteiger partial charge is 0.307 e. The van der Waals surface area contributed by atoms with Crippen LogP contribution in [0.2, 0.25) is 0 Å². The van der Waals surface area contributed by atoms with Gasteiger partial charge in [-0.05, 0) is 111 Å². The van der Waals surface area contributed by atoms with Gasteiger partial charge in [-0.3, -0.25) is 14.6 Å². The van der Waals surface area contributed by atoms with Gasteiger partial charge >= 0.3 is 6.03 Å². The molecule has 0 saturated heterocycles. The summed E-state index contributed by atoms with van der Waals surface area (Å²) in [5.74, 6) is 7.05. The van der Waals surface area contributed by atoms with Crippen molar-refractivity contribution in [2.75, 3.05) is 23.3 Å². The van der Waals surface area contributed by atoms with Crippen LogP contribution in [0.5, 0.6) is 0 Å². The number of anilines is 2. The average Bonchev–Trinajstić information content (AvgIpc) is 3.03. The number of rotatable bonds is 11. The quantitative estimate of drug-likeness (QED) is 0.161. The lowest BCUT2D eigenvalue weighted by molar-refractivity contribution is 0.200. The van der Waals surface area contributed by atoms with Crippen LogP contribution >= 0.6 is 0 Å². The molecule has 0 aliphatic rings. The summed E-state index contributed by atoms with van der Waals surface area (Å²) in [5, 5.41) is 4.04. The van der Waals surface area contributed by atoms with Gasteiger partial charge in [0.1, 0.15) is 11.3 Å². The van der Waals surface area contributed by atoms with Crippen LogP contribution in [0.3, 0.4) is 0 Å². The topological polar surface area (TPSA) is 81.3 Å². The fourth-order valence-corrected chi connectivity index (χ4v) is 5.93. The van der Waals surface area contributed by atoms with Gasteiger partial charge in [0.2, 0.25) is 0 Å². The van der Waals surface area contributed by atoms with Gasteiger partial charge in [0.25, 0.3) is 5.56 Å². The first-order chi connectivity index (χ1) is 22.4. The number of nitrogens with one attached hydrogen (secondary N) is 2. The van der Waals surface area contributed by atoms with E-state index in [0.717, 1.165) is 58.3 Å². The summed E-state index contributed by atoms with van der Waals surface area (Å²) in [6.07, 6.45) is 3.29. The highest BCUT2D eigenvalue weighted by molar-refractivity contribution is 6.03. The molecule has 0 aliphatic heterocycles. The molecule has 7 nitrogen and oxygen atoms in total. The van der Waals surface area contributed by atoms with Gasteiger partial charge in [-0.25, -0.2) is 9.78 Å². The van der Waals surface area contributed by atoms with E-state index in [1.165, 1.54) is 0 Å². The Morgan fingerprint density at radius 2 is 1.57 bits per heavy atom. The van der Waals surface area contributed by atoms with E-state index in [4.69, 9.17) is 0 Å². The number of amides is 2. The van der Waals surface area contributed by atoms with E-state index in [9.17, 15) is 9.59 Å². The summed E-state index contributed by atoms with van der Waals surface area (Å²) < 4.78 is 0. The minimum atomic E-state index is -0.338. The number of carbonyl (C=O) groups is 1. The number of benzene rings is 2. The number of pyridine rings is 2. The van der Waals surface area contributed by atoms with Gasteiger partial charge in [-0.15, -0.1) is 0 Å². The third kappa shape index (κ3) is 8.69. The molecule has 0 unspecified atom stereocenters. The fourth-order valence-electron chi connectivity index (χ4n) is 5.93. The van der Waals surface area contributed by atoms with E-state index in [2.05, 4.69) is 131 Å². The van der Waals surface area contributed by atoms with E-state index in [1.54, 1.807) is 17.2 Å². The molecule has 47 heavy (non-hydrogen) atoms. The SMILES string of the molecule is CCCCN(C(=O)Nc1c(C(C)C)cc(-c2cccc(C#CCN(C(C)C)C(C)C)c2)cc1C(C)C)c1cc2cccnc2[nH]c1=O. The Balaban J connectivity index is 1.72. The predicted molar refractivity (Wildman–Crippen MR) is 198 cm³/mol. The van der Waals surface area contributed by atoms with Crippen molar-refractivity contribution in [3.05, 3.63) is 87.8 Å².